The molecule has 314 valence electrons. The van der Waals surface area contributed by atoms with Gasteiger partial charge in [0.25, 0.3) is 0 Å². The van der Waals surface area contributed by atoms with Crippen LogP contribution >= 0.6 is 11.8 Å². The highest BCUT2D eigenvalue weighted by Crippen LogP contribution is 2.27. The lowest BCUT2D eigenvalue weighted by Gasteiger charge is -2.20. The Balaban J connectivity index is -0.000000286. The molecule has 1 aliphatic carbocycles. The lowest BCUT2D eigenvalue weighted by Crippen LogP contribution is -2.36. The van der Waals surface area contributed by atoms with Crippen LogP contribution in [0.5, 0.6) is 0 Å². The first kappa shape index (κ1) is 56.8. The number of halogens is 3. The molecule has 0 aliphatic heterocycles. The highest BCUT2D eigenvalue weighted by molar-refractivity contribution is 7.99. The van der Waals surface area contributed by atoms with E-state index < -0.39 is 64.3 Å². The summed E-state index contributed by atoms with van der Waals surface area (Å²) >= 11 is 1.35. The van der Waals surface area contributed by atoms with E-state index in [1.807, 2.05) is 0 Å². The molecule has 0 bridgehead atoms. The molecule has 1 rings (SSSR count). The lowest BCUT2D eigenvalue weighted by atomic mass is 9.85. The Labute approximate surface area is 312 Å². The van der Waals surface area contributed by atoms with Crippen LogP contribution in [0.2, 0.25) is 0 Å². The van der Waals surface area contributed by atoms with E-state index in [4.69, 9.17) is 53.8 Å². The van der Waals surface area contributed by atoms with Crippen LogP contribution in [0.4, 0.5) is 13.2 Å². The zero-order valence-electron chi connectivity index (χ0n) is 30.2. The minimum atomic E-state index is -5.84. The van der Waals surface area contributed by atoms with Crippen LogP contribution in [0, 0.1) is 11.8 Å². The monoisotopic (exact) mass is 818 g/mol. The van der Waals surface area contributed by atoms with Crippen molar-refractivity contribution in [2.24, 2.45) is 11.8 Å². The van der Waals surface area contributed by atoms with Crippen molar-refractivity contribution in [2.45, 2.75) is 128 Å². The summed E-state index contributed by atoms with van der Waals surface area (Å²) in [7, 11) is -5.84. The molecule has 0 saturated heterocycles. The van der Waals surface area contributed by atoms with E-state index in [0.29, 0.717) is 23.8 Å². The Morgan fingerprint density at radius 1 is 0.811 bits per heavy atom. The molecular weight excluding hydrogens is 761 g/mol. The van der Waals surface area contributed by atoms with E-state index in [9.17, 15) is 37.1 Å². The van der Waals surface area contributed by atoms with Gasteiger partial charge in [-0.25, -0.2) is 4.79 Å². The van der Waals surface area contributed by atoms with Gasteiger partial charge in [-0.1, -0.05) is 77.4 Å². The third-order valence-electron chi connectivity index (χ3n) is 6.80. The van der Waals surface area contributed by atoms with Gasteiger partial charge in [0, 0.05) is 17.9 Å². The van der Waals surface area contributed by atoms with Crippen LogP contribution in [-0.4, -0.2) is 119 Å². The average molecular weight is 819 g/mol. The third-order valence-corrected chi connectivity index (χ3v) is 8.37. The predicted molar refractivity (Wildman–Crippen MR) is 189 cm³/mol. The van der Waals surface area contributed by atoms with Crippen molar-refractivity contribution in [3.05, 3.63) is 11.6 Å². The molecular formula is C32H57F3O16S2. The van der Waals surface area contributed by atoms with Gasteiger partial charge >= 0.3 is 45.5 Å². The topological polar surface area (TPSA) is 302 Å². The van der Waals surface area contributed by atoms with E-state index in [-0.39, 0.29) is 18.8 Å². The molecule has 0 radical (unpaired) electrons. The van der Waals surface area contributed by atoms with E-state index >= 15 is 0 Å². The Kier molecular flexibility index (Phi) is 36.0. The van der Waals surface area contributed by atoms with Gasteiger partial charge in [0.05, 0.1) is 25.4 Å². The maximum atomic E-state index is 10.7. The number of carbonyl (C=O) groups is 5. The van der Waals surface area contributed by atoms with Gasteiger partial charge in [0.15, 0.2) is 6.10 Å². The molecule has 0 aromatic heterocycles. The molecule has 0 aromatic carbocycles. The second kappa shape index (κ2) is 33.6. The average Bonchev–Trinajstić information content (AvgIpc) is 3.05. The van der Waals surface area contributed by atoms with Gasteiger partial charge in [-0.15, -0.1) is 0 Å². The molecule has 0 spiro atoms. The molecule has 1 unspecified atom stereocenters. The highest BCUT2D eigenvalue weighted by Gasteiger charge is 2.44. The van der Waals surface area contributed by atoms with Crippen molar-refractivity contribution in [3.63, 3.8) is 0 Å². The normalized spacial score (nSPS) is 14.8. The summed E-state index contributed by atoms with van der Waals surface area (Å²) in [6.07, 6.45) is 11.4. The number of aliphatic carboxylic acids is 5. The summed E-state index contributed by atoms with van der Waals surface area (Å²) in [5.74, 6) is -3.10. The second-order valence-corrected chi connectivity index (χ2v) is 14.4. The zero-order valence-corrected chi connectivity index (χ0v) is 31.9. The first-order valence-corrected chi connectivity index (χ1v) is 19.3. The fraction of sp³-hybridized carbons (Fsp3) is 0.781. The quantitative estimate of drug-likeness (QED) is 0.0341. The van der Waals surface area contributed by atoms with E-state index in [1.165, 1.54) is 55.9 Å². The summed E-state index contributed by atoms with van der Waals surface area (Å²) in [6, 6.07) is 0. The first-order valence-electron chi connectivity index (χ1n) is 16.7. The highest BCUT2D eigenvalue weighted by atomic mass is 32.2. The number of aliphatic hydroxyl groups is 3. The molecule has 0 fully saturated rings. The van der Waals surface area contributed by atoms with Gasteiger partial charge in [-0.3, -0.25) is 23.7 Å². The van der Waals surface area contributed by atoms with Crippen LogP contribution in [0.3, 0.4) is 0 Å². The lowest BCUT2D eigenvalue weighted by molar-refractivity contribution is -0.154. The number of carboxylic acid groups (broad SMARTS) is 5. The van der Waals surface area contributed by atoms with Gasteiger partial charge in [0.2, 0.25) is 0 Å². The Bertz CT molecular complexity index is 1150. The summed E-state index contributed by atoms with van der Waals surface area (Å²) in [5.41, 5.74) is -4.11. The Hall–Kier alpha value is -2.98. The van der Waals surface area contributed by atoms with Gasteiger partial charge in [0.1, 0.15) is 6.10 Å². The van der Waals surface area contributed by atoms with Crippen molar-refractivity contribution >= 4 is 51.7 Å². The van der Waals surface area contributed by atoms with Crippen LogP contribution in [0.25, 0.3) is 0 Å². The Morgan fingerprint density at radius 2 is 1.23 bits per heavy atom. The van der Waals surface area contributed by atoms with Crippen molar-refractivity contribution in [2.75, 3.05) is 18.1 Å². The van der Waals surface area contributed by atoms with Gasteiger partial charge < -0.3 is 40.9 Å². The van der Waals surface area contributed by atoms with Crippen molar-refractivity contribution in [1.82, 2.24) is 0 Å². The molecule has 9 N–H and O–H groups in total. The van der Waals surface area contributed by atoms with Crippen molar-refractivity contribution in [1.29, 1.82) is 0 Å². The summed E-state index contributed by atoms with van der Waals surface area (Å²) in [6.45, 7) is 5.78. The fourth-order valence-corrected chi connectivity index (χ4v) is 4.54. The van der Waals surface area contributed by atoms with Gasteiger partial charge in [-0.2, -0.15) is 33.4 Å². The van der Waals surface area contributed by atoms with Crippen LogP contribution in [-0.2, 0) is 34.1 Å². The smallest absolute Gasteiger partial charge is 0.481 e. The zero-order chi connectivity index (χ0) is 42.2. The molecule has 0 aromatic rings. The predicted octanol–water partition coefficient (Wildman–Crippen LogP) is 4.90. The minimum Gasteiger partial charge on any atom is -0.481 e. The van der Waals surface area contributed by atoms with Crippen LogP contribution in [0.15, 0.2) is 11.6 Å². The number of unbranched alkanes of at least 4 members (excludes halogenated alkanes) is 7. The van der Waals surface area contributed by atoms with Crippen LogP contribution < -0.4 is 0 Å². The number of alkyl halides is 3. The van der Waals surface area contributed by atoms with Gasteiger partial charge in [-0.05, 0) is 31.6 Å². The number of allylic oxidation sites excluding steroid dienone is 2. The number of hydrogen-bond acceptors (Lipinski definition) is 11. The number of aliphatic hydroxyl groups excluding tert-OH is 3. The summed E-state index contributed by atoms with van der Waals surface area (Å²) < 4.78 is 57.5. The number of carboxylic acids is 5. The Morgan fingerprint density at radius 3 is 1.49 bits per heavy atom. The summed E-state index contributed by atoms with van der Waals surface area (Å²) in [4.78, 5) is 50.5. The molecule has 3 atom stereocenters. The van der Waals surface area contributed by atoms with Crippen molar-refractivity contribution in [3.8, 4) is 0 Å². The number of thioether (sulfide) groups is 1. The minimum absolute atomic E-state index is 0.101. The molecule has 21 heteroatoms. The van der Waals surface area contributed by atoms with E-state index in [0.717, 1.165) is 32.1 Å². The third kappa shape index (κ3) is 40.0. The van der Waals surface area contributed by atoms with Crippen molar-refractivity contribution < 1.29 is 91.0 Å². The molecule has 53 heavy (non-hydrogen) atoms. The maximum Gasteiger partial charge on any atom is 0.522 e. The molecule has 0 heterocycles. The second-order valence-electron chi connectivity index (χ2n) is 11.7. The maximum absolute atomic E-state index is 10.7. The SMILES string of the molecule is CC(C)C1=CCC(C(=O)O)CC1.CCCCCCCCCCC(=O)O.O=C(O)CCSCCC(=O)O.O=C(O)[C@H](O)[C@@H](O)CO.O=S(=O)(O)C(F)(F)F. The standard InChI is InChI=1S/C11H22O2.C10H16O2.C6H10O4S.C4H8O5.CHF3O3S/c1-2-3-4-5-6-7-8-9-10-11(12)13;1-7(2)8-3-5-9(6-4-8)10(11)12;7-5(8)1-3-11-4-2-6(9)10;5-1-2(6)3(7)4(8)9;2-1(3,4)8(5,6)7/h2-10H2,1H3,(H,12,13);3,7,9H,4-6H2,1-2H3,(H,11,12);1-4H2,(H,7,8)(H,9,10);2-3,5-7H,1H2,(H,8,9);(H,5,6,7)/t;;;2-,3+;/m...0./s1. The molecule has 1 aliphatic rings. The summed E-state index contributed by atoms with van der Waals surface area (Å²) in [5, 5.41) is 66.3. The molecule has 0 saturated carbocycles. The largest absolute Gasteiger partial charge is 0.522 e. The molecule has 0 amide bonds. The number of rotatable bonds is 20. The molecule has 16 nitrogen and oxygen atoms in total. The fourth-order valence-electron chi connectivity index (χ4n) is 3.70. The van der Waals surface area contributed by atoms with Crippen LogP contribution in [0.1, 0.15) is 111 Å². The number of hydrogen-bond donors (Lipinski definition) is 9. The van der Waals surface area contributed by atoms with E-state index in [2.05, 4.69) is 26.8 Å². The van der Waals surface area contributed by atoms with E-state index in [1.54, 1.807) is 0 Å². The first-order chi connectivity index (χ1) is 24.3.